The van der Waals surface area contributed by atoms with Crippen LogP contribution in [0.4, 0.5) is 5.13 Å². The van der Waals surface area contributed by atoms with E-state index in [0.717, 1.165) is 22.2 Å². The number of hydrogen-bond donors (Lipinski definition) is 1. The van der Waals surface area contributed by atoms with Gasteiger partial charge < -0.3 is 9.84 Å². The lowest BCUT2D eigenvalue weighted by Crippen LogP contribution is -2.29. The maximum Gasteiger partial charge on any atom is 0.301 e. The van der Waals surface area contributed by atoms with Crippen molar-refractivity contribution in [3.8, 4) is 5.75 Å². The molecule has 3 aromatic rings. The lowest BCUT2D eigenvalue weighted by atomic mass is 9.94. The number of benzene rings is 2. The zero-order valence-corrected chi connectivity index (χ0v) is 18.8. The number of ether oxygens (including phenoxy) is 1. The highest BCUT2D eigenvalue weighted by molar-refractivity contribution is 9.10. The van der Waals surface area contributed by atoms with E-state index in [9.17, 15) is 14.7 Å². The number of Topliss-reactive ketones (excluding diaryl/α,β-unsaturated/α-hetero) is 1. The first-order chi connectivity index (χ1) is 14.9. The molecule has 2 atom stereocenters. The standard InChI is InChI=1S/C23H17BrN2O4S/c1-12-9-15-10-14(5-6-17(15)30-12)20(27)18-19(13-3-2-4-16(24)11-13)26(22(29)21(18)28)23-25-7-8-31-23/h2-8,10-12,19,27H,9H2,1H3. The zero-order valence-electron chi connectivity index (χ0n) is 16.4. The predicted molar refractivity (Wildman–Crippen MR) is 121 cm³/mol. The number of aromatic nitrogens is 1. The first kappa shape index (κ1) is 20.0. The molecule has 2 aliphatic heterocycles. The Balaban J connectivity index is 1.69. The van der Waals surface area contributed by atoms with Crippen LogP contribution in [0.1, 0.15) is 29.7 Å². The van der Waals surface area contributed by atoms with E-state index >= 15 is 0 Å². The Morgan fingerprint density at radius 1 is 1.26 bits per heavy atom. The van der Waals surface area contributed by atoms with E-state index in [-0.39, 0.29) is 17.4 Å². The Morgan fingerprint density at radius 3 is 2.84 bits per heavy atom. The van der Waals surface area contributed by atoms with Crippen LogP contribution in [0.3, 0.4) is 0 Å². The lowest BCUT2D eigenvalue weighted by molar-refractivity contribution is -0.132. The van der Waals surface area contributed by atoms with Crippen molar-refractivity contribution in [1.29, 1.82) is 0 Å². The second kappa shape index (κ2) is 7.62. The maximum absolute atomic E-state index is 13.1. The van der Waals surface area contributed by atoms with Crippen molar-refractivity contribution in [2.75, 3.05) is 4.90 Å². The fraction of sp³-hybridized carbons (Fsp3) is 0.174. The number of nitrogens with zero attached hydrogens (tertiary/aromatic N) is 2. The molecule has 3 heterocycles. The Bertz CT molecular complexity index is 1240. The van der Waals surface area contributed by atoms with Crippen LogP contribution in [0.15, 0.2) is 64.1 Å². The smallest absolute Gasteiger partial charge is 0.301 e. The Morgan fingerprint density at radius 2 is 2.10 bits per heavy atom. The van der Waals surface area contributed by atoms with Crippen molar-refractivity contribution in [3.63, 3.8) is 0 Å². The summed E-state index contributed by atoms with van der Waals surface area (Å²) in [6.45, 7) is 1.98. The molecule has 156 valence electrons. The van der Waals surface area contributed by atoms with Crippen LogP contribution in [0, 0.1) is 0 Å². The normalized spacial score (nSPS) is 21.9. The summed E-state index contributed by atoms with van der Waals surface area (Å²) in [4.78, 5) is 31.7. The summed E-state index contributed by atoms with van der Waals surface area (Å²) in [6, 6.07) is 11.9. The molecule has 5 rings (SSSR count). The van der Waals surface area contributed by atoms with Gasteiger partial charge in [0.05, 0.1) is 11.6 Å². The van der Waals surface area contributed by atoms with Gasteiger partial charge in [-0.3, -0.25) is 14.5 Å². The fourth-order valence-electron chi connectivity index (χ4n) is 4.08. The second-order valence-electron chi connectivity index (χ2n) is 7.49. The van der Waals surface area contributed by atoms with E-state index < -0.39 is 17.7 Å². The predicted octanol–water partition coefficient (Wildman–Crippen LogP) is 4.86. The number of anilines is 1. The van der Waals surface area contributed by atoms with Crippen molar-refractivity contribution < 1.29 is 19.4 Å². The van der Waals surface area contributed by atoms with E-state index in [0.29, 0.717) is 16.3 Å². The van der Waals surface area contributed by atoms with Crippen LogP contribution in [0.5, 0.6) is 5.75 Å². The highest BCUT2D eigenvalue weighted by atomic mass is 79.9. The summed E-state index contributed by atoms with van der Waals surface area (Å²) in [5.41, 5.74) is 2.19. The largest absolute Gasteiger partial charge is 0.507 e. The second-order valence-corrected chi connectivity index (χ2v) is 9.28. The van der Waals surface area contributed by atoms with Gasteiger partial charge in [0, 0.05) is 28.0 Å². The fourth-order valence-corrected chi connectivity index (χ4v) is 5.17. The topological polar surface area (TPSA) is 79.7 Å². The van der Waals surface area contributed by atoms with Crippen molar-refractivity contribution in [2.24, 2.45) is 0 Å². The SMILES string of the molecule is CC1Cc2cc(C(O)=C3C(=O)C(=O)N(c4nccs4)C3c3cccc(Br)c3)ccc2O1. The van der Waals surface area contributed by atoms with Gasteiger partial charge in [-0.25, -0.2) is 4.98 Å². The summed E-state index contributed by atoms with van der Waals surface area (Å²) in [5, 5.41) is 13.4. The zero-order chi connectivity index (χ0) is 21.7. The number of rotatable bonds is 3. The third kappa shape index (κ3) is 3.36. The van der Waals surface area contributed by atoms with Crippen LogP contribution >= 0.6 is 27.3 Å². The van der Waals surface area contributed by atoms with E-state index in [1.807, 2.05) is 37.3 Å². The molecule has 2 aliphatic rings. The van der Waals surface area contributed by atoms with Crippen molar-refractivity contribution in [3.05, 3.63) is 80.8 Å². The van der Waals surface area contributed by atoms with Gasteiger partial charge in [-0.05, 0) is 48.4 Å². The number of hydrogen-bond acceptors (Lipinski definition) is 6. The Hall–Kier alpha value is -2.97. The molecule has 0 radical (unpaired) electrons. The van der Waals surface area contributed by atoms with Gasteiger partial charge in [-0.2, -0.15) is 0 Å². The monoisotopic (exact) mass is 496 g/mol. The van der Waals surface area contributed by atoms with E-state index in [1.165, 1.54) is 16.2 Å². The number of carbonyl (C=O) groups excluding carboxylic acids is 2. The molecule has 1 fully saturated rings. The molecule has 1 saturated heterocycles. The number of amides is 1. The average Bonchev–Trinajstić information content (AvgIpc) is 3.45. The number of halogens is 1. The van der Waals surface area contributed by atoms with Crippen LogP contribution in [0.25, 0.3) is 5.76 Å². The highest BCUT2D eigenvalue weighted by Crippen LogP contribution is 2.43. The summed E-state index contributed by atoms with van der Waals surface area (Å²) >= 11 is 4.72. The summed E-state index contributed by atoms with van der Waals surface area (Å²) < 4.78 is 6.54. The lowest BCUT2D eigenvalue weighted by Gasteiger charge is -2.23. The van der Waals surface area contributed by atoms with Gasteiger partial charge >= 0.3 is 5.91 Å². The third-order valence-corrected chi connectivity index (χ3v) is 6.67. The van der Waals surface area contributed by atoms with Crippen LogP contribution in [0.2, 0.25) is 0 Å². The molecule has 2 unspecified atom stereocenters. The van der Waals surface area contributed by atoms with Gasteiger partial charge in [0.25, 0.3) is 5.78 Å². The van der Waals surface area contributed by atoms with Crippen LogP contribution < -0.4 is 9.64 Å². The first-order valence-electron chi connectivity index (χ1n) is 9.70. The minimum absolute atomic E-state index is 0.0465. The van der Waals surface area contributed by atoms with Gasteiger partial charge in [-0.15, -0.1) is 11.3 Å². The maximum atomic E-state index is 13.1. The molecular weight excluding hydrogens is 480 g/mol. The van der Waals surface area contributed by atoms with E-state index in [1.54, 1.807) is 23.7 Å². The molecule has 1 N–H and O–H groups in total. The molecule has 6 nitrogen and oxygen atoms in total. The molecule has 2 aromatic carbocycles. The molecule has 0 saturated carbocycles. The summed E-state index contributed by atoms with van der Waals surface area (Å²) in [6.07, 6.45) is 2.36. The van der Waals surface area contributed by atoms with Crippen molar-refractivity contribution in [1.82, 2.24) is 4.98 Å². The van der Waals surface area contributed by atoms with E-state index in [4.69, 9.17) is 4.74 Å². The minimum atomic E-state index is -0.785. The molecule has 31 heavy (non-hydrogen) atoms. The van der Waals surface area contributed by atoms with Crippen molar-refractivity contribution >= 4 is 49.8 Å². The first-order valence-corrected chi connectivity index (χ1v) is 11.4. The van der Waals surface area contributed by atoms with Crippen LogP contribution in [-0.4, -0.2) is 27.9 Å². The van der Waals surface area contributed by atoms with Gasteiger partial charge in [0.2, 0.25) is 0 Å². The number of carbonyl (C=O) groups is 2. The number of thiazole rings is 1. The average molecular weight is 497 g/mol. The molecule has 8 heteroatoms. The summed E-state index contributed by atoms with van der Waals surface area (Å²) in [5.74, 6) is -0.872. The molecule has 1 aromatic heterocycles. The minimum Gasteiger partial charge on any atom is -0.507 e. The van der Waals surface area contributed by atoms with Crippen LogP contribution in [-0.2, 0) is 16.0 Å². The number of fused-ring (bicyclic) bond motifs is 1. The number of ketones is 1. The third-order valence-electron chi connectivity index (χ3n) is 5.40. The van der Waals surface area contributed by atoms with Gasteiger partial charge in [0.15, 0.2) is 5.13 Å². The molecule has 0 spiro atoms. The van der Waals surface area contributed by atoms with E-state index in [2.05, 4.69) is 20.9 Å². The van der Waals surface area contributed by atoms with Gasteiger partial charge in [-0.1, -0.05) is 28.1 Å². The van der Waals surface area contributed by atoms with Gasteiger partial charge in [0.1, 0.15) is 17.6 Å². The summed E-state index contributed by atoms with van der Waals surface area (Å²) in [7, 11) is 0. The molecular formula is C23H17BrN2O4S. The number of aliphatic hydroxyl groups is 1. The number of aliphatic hydroxyl groups excluding tert-OH is 1. The molecule has 1 amide bonds. The quantitative estimate of drug-likeness (QED) is 0.318. The highest BCUT2D eigenvalue weighted by Gasteiger charge is 2.48. The molecule has 0 bridgehead atoms. The van der Waals surface area contributed by atoms with Crippen molar-refractivity contribution in [2.45, 2.75) is 25.5 Å². The molecule has 0 aliphatic carbocycles. The Labute approximate surface area is 190 Å². The Kier molecular flexibility index (Phi) is 4.91.